The first-order valence-electron chi connectivity index (χ1n) is 6.50. The van der Waals surface area contributed by atoms with E-state index < -0.39 is 5.82 Å². The lowest BCUT2D eigenvalue weighted by Crippen LogP contribution is -1.94. The number of hydrogen-bond acceptors (Lipinski definition) is 2. The number of halogens is 2. The zero-order valence-corrected chi connectivity index (χ0v) is 12.4. The second kappa shape index (κ2) is 5.34. The van der Waals surface area contributed by atoms with Crippen molar-refractivity contribution in [1.29, 1.82) is 0 Å². The van der Waals surface area contributed by atoms with Crippen molar-refractivity contribution >= 4 is 22.5 Å². The van der Waals surface area contributed by atoms with Gasteiger partial charge in [-0.1, -0.05) is 35.9 Å². The van der Waals surface area contributed by atoms with E-state index in [4.69, 9.17) is 16.3 Å². The summed E-state index contributed by atoms with van der Waals surface area (Å²) < 4.78 is 19.7. The summed E-state index contributed by atoms with van der Waals surface area (Å²) in [7, 11) is 1.60. The van der Waals surface area contributed by atoms with Gasteiger partial charge in [-0.2, -0.15) is 0 Å². The fourth-order valence-electron chi connectivity index (χ4n) is 2.45. The van der Waals surface area contributed by atoms with Crippen molar-refractivity contribution < 1.29 is 9.13 Å². The molecule has 0 N–H and O–H groups in total. The number of para-hydroxylation sites is 1. The first kappa shape index (κ1) is 13.8. The number of hydrogen-bond donors (Lipinski definition) is 0. The van der Waals surface area contributed by atoms with Crippen LogP contribution < -0.4 is 4.74 Å². The predicted molar refractivity (Wildman–Crippen MR) is 83.4 cm³/mol. The van der Waals surface area contributed by atoms with Crippen molar-refractivity contribution in [1.82, 2.24) is 4.98 Å². The van der Waals surface area contributed by atoms with Gasteiger partial charge in [0.15, 0.2) is 0 Å². The summed E-state index contributed by atoms with van der Waals surface area (Å²) in [5, 5.41) is 0.944. The molecule has 0 fully saturated rings. The molecular formula is C17H13ClFNO. The Bertz CT molecular complexity index is 832. The molecule has 21 heavy (non-hydrogen) atoms. The summed E-state index contributed by atoms with van der Waals surface area (Å²) in [5.74, 6) is 0.244. The minimum absolute atomic E-state index is 0.109. The number of aryl methyl sites for hydroxylation is 1. The molecule has 0 unspecified atom stereocenters. The van der Waals surface area contributed by atoms with E-state index in [1.165, 1.54) is 6.07 Å². The van der Waals surface area contributed by atoms with Gasteiger partial charge in [0.2, 0.25) is 0 Å². The van der Waals surface area contributed by atoms with Crippen molar-refractivity contribution in [2.24, 2.45) is 0 Å². The molecule has 4 heteroatoms. The summed E-state index contributed by atoms with van der Waals surface area (Å²) in [6, 6.07) is 12.5. The van der Waals surface area contributed by atoms with Crippen molar-refractivity contribution in [2.75, 3.05) is 7.11 Å². The molecule has 0 spiro atoms. The van der Waals surface area contributed by atoms with Crippen LogP contribution in [0.2, 0.25) is 5.02 Å². The van der Waals surface area contributed by atoms with Crippen molar-refractivity contribution in [2.45, 2.75) is 6.92 Å². The van der Waals surface area contributed by atoms with Gasteiger partial charge in [-0.15, -0.1) is 0 Å². The van der Waals surface area contributed by atoms with Crippen LogP contribution in [0.3, 0.4) is 0 Å². The summed E-state index contributed by atoms with van der Waals surface area (Å²) in [6.45, 7) is 1.87. The number of fused-ring (bicyclic) bond motifs is 1. The lowest BCUT2D eigenvalue weighted by Gasteiger charge is -2.12. The average molecular weight is 302 g/mol. The van der Waals surface area contributed by atoms with E-state index in [-0.39, 0.29) is 5.02 Å². The maximum Gasteiger partial charge on any atom is 0.149 e. The second-order valence-electron chi connectivity index (χ2n) is 4.77. The van der Waals surface area contributed by atoms with E-state index in [0.717, 1.165) is 22.2 Å². The van der Waals surface area contributed by atoms with Gasteiger partial charge in [0.25, 0.3) is 0 Å². The van der Waals surface area contributed by atoms with Crippen LogP contribution >= 0.6 is 11.6 Å². The van der Waals surface area contributed by atoms with E-state index >= 15 is 0 Å². The lowest BCUT2D eigenvalue weighted by atomic mass is 9.99. The van der Waals surface area contributed by atoms with Gasteiger partial charge in [0, 0.05) is 16.6 Å². The molecule has 0 bridgehead atoms. The first-order valence-corrected chi connectivity index (χ1v) is 6.88. The molecule has 1 aromatic heterocycles. The summed E-state index contributed by atoms with van der Waals surface area (Å²) >= 11 is 5.90. The Kier molecular flexibility index (Phi) is 3.52. The number of pyridine rings is 1. The van der Waals surface area contributed by atoms with Crippen LogP contribution in [0.4, 0.5) is 4.39 Å². The quantitative estimate of drug-likeness (QED) is 0.663. The largest absolute Gasteiger partial charge is 0.494 e. The topological polar surface area (TPSA) is 22.1 Å². The van der Waals surface area contributed by atoms with Gasteiger partial charge in [0.05, 0.1) is 12.1 Å². The number of nitrogens with zero attached hydrogens (tertiary/aromatic N) is 1. The molecule has 3 aromatic rings. The van der Waals surface area contributed by atoms with Crippen molar-refractivity contribution in [3.8, 4) is 16.9 Å². The maximum atomic E-state index is 14.3. The molecule has 0 aliphatic carbocycles. The summed E-state index contributed by atoms with van der Waals surface area (Å²) in [4.78, 5) is 4.50. The Morgan fingerprint density at radius 1 is 1.10 bits per heavy atom. The van der Waals surface area contributed by atoms with Gasteiger partial charge >= 0.3 is 0 Å². The molecule has 2 aromatic carbocycles. The highest BCUT2D eigenvalue weighted by molar-refractivity contribution is 6.31. The van der Waals surface area contributed by atoms with Crippen LogP contribution in [0.25, 0.3) is 22.0 Å². The Balaban J connectivity index is 2.40. The van der Waals surface area contributed by atoms with Gasteiger partial charge in [-0.3, -0.25) is 0 Å². The van der Waals surface area contributed by atoms with Crippen molar-refractivity contribution in [3.63, 3.8) is 0 Å². The Hall–Kier alpha value is -2.13. The van der Waals surface area contributed by atoms with Crippen molar-refractivity contribution in [3.05, 3.63) is 59.0 Å². The SMILES string of the molecule is COc1cccc2c(-c3cccc(Cl)c3F)cc(C)nc12. The molecule has 0 amide bonds. The van der Waals surface area contributed by atoms with Crippen LogP contribution in [0.15, 0.2) is 42.5 Å². The van der Waals surface area contributed by atoms with Crippen LogP contribution in [0, 0.1) is 12.7 Å². The number of methoxy groups -OCH3 is 1. The van der Waals surface area contributed by atoms with Gasteiger partial charge in [-0.25, -0.2) is 9.37 Å². The number of benzene rings is 2. The molecule has 0 saturated heterocycles. The number of ether oxygens (including phenoxy) is 1. The molecular weight excluding hydrogens is 289 g/mol. The lowest BCUT2D eigenvalue weighted by molar-refractivity contribution is 0.419. The highest BCUT2D eigenvalue weighted by atomic mass is 35.5. The van der Waals surface area contributed by atoms with Gasteiger partial charge in [-0.05, 0) is 30.7 Å². The maximum absolute atomic E-state index is 14.3. The third kappa shape index (κ3) is 2.34. The van der Waals surface area contributed by atoms with Crippen LogP contribution in [-0.4, -0.2) is 12.1 Å². The fourth-order valence-corrected chi connectivity index (χ4v) is 2.62. The molecule has 2 nitrogen and oxygen atoms in total. The van der Waals surface area contributed by atoms with E-state index in [2.05, 4.69) is 4.98 Å². The third-order valence-electron chi connectivity index (χ3n) is 3.39. The minimum Gasteiger partial charge on any atom is -0.494 e. The molecule has 0 radical (unpaired) electrons. The third-order valence-corrected chi connectivity index (χ3v) is 3.68. The van der Waals surface area contributed by atoms with Gasteiger partial charge in [0.1, 0.15) is 17.1 Å². The Morgan fingerprint density at radius 2 is 1.86 bits per heavy atom. The zero-order valence-electron chi connectivity index (χ0n) is 11.7. The number of rotatable bonds is 2. The molecule has 1 heterocycles. The molecule has 3 rings (SSSR count). The monoisotopic (exact) mass is 301 g/mol. The van der Waals surface area contributed by atoms with E-state index in [1.807, 2.05) is 31.2 Å². The Labute approximate surface area is 127 Å². The Morgan fingerprint density at radius 3 is 2.62 bits per heavy atom. The average Bonchev–Trinajstić information content (AvgIpc) is 2.48. The second-order valence-corrected chi connectivity index (χ2v) is 5.18. The normalized spacial score (nSPS) is 10.9. The van der Waals surface area contributed by atoms with Gasteiger partial charge < -0.3 is 4.74 Å². The van der Waals surface area contributed by atoms with E-state index in [0.29, 0.717) is 11.3 Å². The summed E-state index contributed by atoms with van der Waals surface area (Å²) in [6.07, 6.45) is 0. The molecule has 0 aliphatic heterocycles. The van der Waals surface area contributed by atoms with Crippen LogP contribution in [0.1, 0.15) is 5.69 Å². The number of aromatic nitrogens is 1. The summed E-state index contributed by atoms with van der Waals surface area (Å²) in [5.41, 5.74) is 2.73. The molecule has 106 valence electrons. The van der Waals surface area contributed by atoms with E-state index in [1.54, 1.807) is 19.2 Å². The standard InChI is InChI=1S/C17H13ClFNO/c1-10-9-13(11-5-3-7-14(18)16(11)19)12-6-4-8-15(21-2)17(12)20-10/h3-9H,1-2H3. The molecule has 0 aliphatic rings. The highest BCUT2D eigenvalue weighted by Crippen LogP contribution is 2.35. The van der Waals surface area contributed by atoms with Crippen LogP contribution in [0.5, 0.6) is 5.75 Å². The zero-order chi connectivity index (χ0) is 15.0. The first-order chi connectivity index (χ1) is 10.1. The fraction of sp³-hybridized carbons (Fsp3) is 0.118. The van der Waals surface area contributed by atoms with Crippen LogP contribution in [-0.2, 0) is 0 Å². The minimum atomic E-state index is -0.422. The molecule has 0 atom stereocenters. The smallest absolute Gasteiger partial charge is 0.149 e. The molecule has 0 saturated carbocycles. The predicted octanol–water partition coefficient (Wildman–Crippen LogP) is 5.01. The highest BCUT2D eigenvalue weighted by Gasteiger charge is 2.14. The van der Waals surface area contributed by atoms with E-state index in [9.17, 15) is 4.39 Å².